The third-order valence-corrected chi connectivity index (χ3v) is 4.48. The molecule has 0 aromatic heterocycles. The van der Waals surface area contributed by atoms with Crippen LogP contribution in [0.5, 0.6) is 0 Å². The summed E-state index contributed by atoms with van der Waals surface area (Å²) in [6.07, 6.45) is 4.88. The van der Waals surface area contributed by atoms with E-state index < -0.39 is 17.1 Å². The van der Waals surface area contributed by atoms with Gasteiger partial charge in [-0.25, -0.2) is 9.79 Å². The van der Waals surface area contributed by atoms with Crippen LogP contribution in [-0.4, -0.2) is 34.6 Å². The van der Waals surface area contributed by atoms with Gasteiger partial charge in [0.05, 0.1) is 18.1 Å². The summed E-state index contributed by atoms with van der Waals surface area (Å²) in [5.74, 6) is -2.11. The Kier molecular flexibility index (Phi) is 9.95. The van der Waals surface area contributed by atoms with Crippen molar-refractivity contribution in [2.75, 3.05) is 6.61 Å². The fraction of sp³-hybridized carbons (Fsp3) is 0.333. The Bertz CT molecular complexity index is 798. The number of thioether (sulfide) groups is 1. The molecular weight excluding hydrogens is 378 g/mol. The first kappa shape index (κ1) is 23.4. The Balaban J connectivity index is 2.80. The lowest BCUT2D eigenvalue weighted by atomic mass is 10.0. The van der Waals surface area contributed by atoms with Gasteiger partial charge in [0.15, 0.2) is 0 Å². The number of carbonyl (C=O) groups excluding carboxylic acids is 2. The molecule has 0 saturated carbocycles. The molecule has 0 saturated heterocycles. The molecule has 1 N–H and O–H groups in total. The zero-order valence-electron chi connectivity index (χ0n) is 16.3. The van der Waals surface area contributed by atoms with Crippen molar-refractivity contribution in [3.05, 3.63) is 54.1 Å². The minimum absolute atomic E-state index is 0.0430. The molecule has 0 aliphatic carbocycles. The smallest absolute Gasteiger partial charge is 0.336 e. The monoisotopic (exact) mass is 403 g/mol. The van der Waals surface area contributed by atoms with Gasteiger partial charge in [-0.2, -0.15) is 0 Å². The molecule has 1 aromatic carbocycles. The predicted molar refractivity (Wildman–Crippen MR) is 111 cm³/mol. The number of rotatable bonds is 9. The van der Waals surface area contributed by atoms with Crippen molar-refractivity contribution in [2.24, 2.45) is 10.9 Å². The SMILES string of the molecule is C=C(C)C(/C=C\C(C)=NC(=O)Sc1ccccc1C(=O)O)C(=O)OCCCC. The number of ether oxygens (including phenoxy) is 1. The molecule has 0 aliphatic rings. The highest BCUT2D eigenvalue weighted by Crippen LogP contribution is 2.24. The van der Waals surface area contributed by atoms with Crippen molar-refractivity contribution < 1.29 is 24.2 Å². The van der Waals surface area contributed by atoms with Crippen molar-refractivity contribution in [2.45, 2.75) is 38.5 Å². The van der Waals surface area contributed by atoms with Gasteiger partial charge >= 0.3 is 17.2 Å². The molecule has 0 aliphatic heterocycles. The van der Waals surface area contributed by atoms with Crippen molar-refractivity contribution in [1.29, 1.82) is 0 Å². The maximum Gasteiger partial charge on any atom is 0.336 e. The molecule has 6 nitrogen and oxygen atoms in total. The van der Waals surface area contributed by atoms with E-state index in [2.05, 4.69) is 11.6 Å². The number of benzene rings is 1. The number of aliphatic imine (C=N–C) groups is 1. The molecule has 1 atom stereocenters. The molecule has 0 heterocycles. The second kappa shape index (κ2) is 11.9. The fourth-order valence-electron chi connectivity index (χ4n) is 2.12. The van der Waals surface area contributed by atoms with Crippen LogP contribution in [0.3, 0.4) is 0 Å². The van der Waals surface area contributed by atoms with Crippen LogP contribution >= 0.6 is 11.8 Å². The summed E-state index contributed by atoms with van der Waals surface area (Å²) in [6.45, 7) is 9.52. The Morgan fingerprint density at radius 1 is 1.29 bits per heavy atom. The third kappa shape index (κ3) is 7.92. The molecule has 0 bridgehead atoms. The molecule has 150 valence electrons. The molecule has 28 heavy (non-hydrogen) atoms. The summed E-state index contributed by atoms with van der Waals surface area (Å²) in [5.41, 5.74) is 1.06. The lowest BCUT2D eigenvalue weighted by Gasteiger charge is -2.12. The van der Waals surface area contributed by atoms with Crippen LogP contribution in [0.2, 0.25) is 0 Å². The number of hydrogen-bond donors (Lipinski definition) is 1. The summed E-state index contributed by atoms with van der Waals surface area (Å²) in [6, 6.07) is 6.22. The first-order valence-corrected chi connectivity index (χ1v) is 9.67. The first-order chi connectivity index (χ1) is 13.3. The highest BCUT2D eigenvalue weighted by Gasteiger charge is 2.18. The summed E-state index contributed by atoms with van der Waals surface area (Å²) >= 11 is 0.737. The number of esters is 1. The van der Waals surface area contributed by atoms with Gasteiger partial charge in [-0.15, -0.1) is 0 Å². The number of carboxylic acids is 1. The zero-order chi connectivity index (χ0) is 21.1. The fourth-order valence-corrected chi connectivity index (χ4v) is 2.91. The van der Waals surface area contributed by atoms with Gasteiger partial charge in [0.1, 0.15) is 0 Å². The number of carbonyl (C=O) groups is 3. The van der Waals surface area contributed by atoms with Gasteiger partial charge in [-0.05, 0) is 50.2 Å². The zero-order valence-corrected chi connectivity index (χ0v) is 17.1. The quantitative estimate of drug-likeness (QED) is 0.201. The lowest BCUT2D eigenvalue weighted by Crippen LogP contribution is -2.17. The number of carboxylic acid groups (broad SMARTS) is 1. The van der Waals surface area contributed by atoms with E-state index in [0.717, 1.165) is 24.6 Å². The van der Waals surface area contributed by atoms with E-state index in [1.807, 2.05) is 6.92 Å². The number of unbranched alkanes of at least 4 members (excludes halogenated alkanes) is 1. The van der Waals surface area contributed by atoms with Crippen molar-refractivity contribution in [3.8, 4) is 0 Å². The largest absolute Gasteiger partial charge is 0.478 e. The van der Waals surface area contributed by atoms with E-state index in [0.29, 0.717) is 22.8 Å². The molecule has 7 heteroatoms. The van der Waals surface area contributed by atoms with Gasteiger partial charge in [0, 0.05) is 10.6 Å². The molecule has 1 rings (SSSR count). The van der Waals surface area contributed by atoms with Crippen LogP contribution in [0.1, 0.15) is 44.0 Å². The van der Waals surface area contributed by atoms with Gasteiger partial charge in [0.25, 0.3) is 0 Å². The van der Waals surface area contributed by atoms with Crippen LogP contribution in [0, 0.1) is 5.92 Å². The highest BCUT2D eigenvalue weighted by molar-refractivity contribution is 8.13. The number of amides is 1. The van der Waals surface area contributed by atoms with Crippen LogP contribution in [-0.2, 0) is 9.53 Å². The standard InChI is InChI=1S/C21H25NO5S/c1-5-6-13-27-20(25)16(14(2)3)12-11-15(4)22-21(26)28-18-10-8-7-9-17(18)19(23)24/h7-12,16H,2,5-6,13H2,1,3-4H3,(H,23,24)/b12-11-,22-15?. The highest BCUT2D eigenvalue weighted by atomic mass is 32.2. The number of allylic oxidation sites excluding steroid dienone is 1. The van der Waals surface area contributed by atoms with Crippen LogP contribution in [0.15, 0.2) is 58.5 Å². The summed E-state index contributed by atoms with van der Waals surface area (Å²) in [5, 5.41) is 8.62. The molecule has 0 radical (unpaired) electrons. The number of nitrogens with zero attached hydrogens (tertiary/aromatic N) is 1. The minimum Gasteiger partial charge on any atom is -0.478 e. The lowest BCUT2D eigenvalue weighted by molar-refractivity contribution is -0.145. The van der Waals surface area contributed by atoms with Gasteiger partial charge in [-0.1, -0.05) is 43.7 Å². The van der Waals surface area contributed by atoms with E-state index in [4.69, 9.17) is 9.84 Å². The summed E-state index contributed by atoms with van der Waals surface area (Å²) in [7, 11) is 0. The second-order valence-electron chi connectivity index (χ2n) is 6.13. The average molecular weight is 404 g/mol. The van der Waals surface area contributed by atoms with Crippen LogP contribution in [0.4, 0.5) is 4.79 Å². The summed E-state index contributed by atoms with van der Waals surface area (Å²) < 4.78 is 5.22. The van der Waals surface area contributed by atoms with E-state index in [-0.39, 0.29) is 11.5 Å². The Morgan fingerprint density at radius 2 is 1.96 bits per heavy atom. The predicted octanol–water partition coefficient (Wildman–Crippen LogP) is 5.15. The maximum atomic E-state index is 12.1. The molecule has 0 fully saturated rings. The maximum absolute atomic E-state index is 12.1. The molecule has 1 unspecified atom stereocenters. The van der Waals surface area contributed by atoms with Gasteiger partial charge in [-0.3, -0.25) is 9.59 Å². The van der Waals surface area contributed by atoms with E-state index in [1.54, 1.807) is 44.2 Å². The van der Waals surface area contributed by atoms with E-state index in [9.17, 15) is 14.4 Å². The summed E-state index contributed by atoms with van der Waals surface area (Å²) in [4.78, 5) is 39.7. The average Bonchev–Trinajstić information content (AvgIpc) is 2.61. The van der Waals surface area contributed by atoms with Crippen LogP contribution < -0.4 is 0 Å². The first-order valence-electron chi connectivity index (χ1n) is 8.85. The molecule has 1 amide bonds. The van der Waals surface area contributed by atoms with Crippen molar-refractivity contribution in [3.63, 3.8) is 0 Å². The van der Waals surface area contributed by atoms with Gasteiger partial charge < -0.3 is 9.84 Å². The Morgan fingerprint density at radius 3 is 2.57 bits per heavy atom. The van der Waals surface area contributed by atoms with Crippen molar-refractivity contribution >= 4 is 34.7 Å². The topological polar surface area (TPSA) is 93.0 Å². The Labute approximate surface area is 169 Å². The third-order valence-electron chi connectivity index (χ3n) is 3.64. The minimum atomic E-state index is -1.11. The number of hydrogen-bond acceptors (Lipinski definition) is 5. The van der Waals surface area contributed by atoms with E-state index >= 15 is 0 Å². The molecule has 0 spiro atoms. The van der Waals surface area contributed by atoms with Gasteiger partial charge in [0.2, 0.25) is 0 Å². The molecular formula is C21H25NO5S. The second-order valence-corrected chi connectivity index (χ2v) is 7.12. The molecule has 1 aromatic rings. The Hall–Kier alpha value is -2.67. The van der Waals surface area contributed by atoms with E-state index in [1.165, 1.54) is 6.07 Å². The van der Waals surface area contributed by atoms with Crippen LogP contribution in [0.25, 0.3) is 0 Å². The normalized spacial score (nSPS) is 12.6. The number of aromatic carboxylic acids is 1. The van der Waals surface area contributed by atoms with Crippen molar-refractivity contribution in [1.82, 2.24) is 0 Å².